The van der Waals surface area contributed by atoms with Crippen molar-refractivity contribution in [3.63, 3.8) is 0 Å². The molecule has 1 fully saturated rings. The summed E-state index contributed by atoms with van der Waals surface area (Å²) < 4.78 is 0. The molecule has 1 saturated heterocycles. The smallest absolute Gasteiger partial charge is 0.325 e. The van der Waals surface area contributed by atoms with Gasteiger partial charge in [-0.15, -0.1) is 11.3 Å². The molecule has 0 unspecified atom stereocenters. The summed E-state index contributed by atoms with van der Waals surface area (Å²) in [4.78, 5) is 35.4. The number of para-hydroxylation sites is 1. The molecule has 1 aliphatic heterocycles. The molecule has 0 saturated carbocycles. The Bertz CT molecular complexity index is 1080. The van der Waals surface area contributed by atoms with Crippen LogP contribution in [0.1, 0.15) is 10.5 Å². The predicted molar refractivity (Wildman–Crippen MR) is 123 cm³/mol. The molecule has 2 aromatic heterocycles. The fraction of sp³-hybridized carbons (Fsp3) is 0.200. The maximum absolute atomic E-state index is 12.7. The molecule has 0 radical (unpaired) electrons. The van der Waals surface area contributed by atoms with Gasteiger partial charge in [0.2, 0.25) is 0 Å². The molecule has 11 heteroatoms. The minimum atomic E-state index is -0.498. The van der Waals surface area contributed by atoms with Crippen LogP contribution in [0.3, 0.4) is 0 Å². The van der Waals surface area contributed by atoms with Gasteiger partial charge >= 0.3 is 6.03 Å². The third kappa shape index (κ3) is 5.29. The first-order valence-electron chi connectivity index (χ1n) is 9.59. The van der Waals surface area contributed by atoms with Crippen molar-refractivity contribution < 1.29 is 9.59 Å². The van der Waals surface area contributed by atoms with Gasteiger partial charge in [-0.05, 0) is 18.2 Å². The van der Waals surface area contributed by atoms with E-state index in [4.69, 9.17) is 11.6 Å². The zero-order chi connectivity index (χ0) is 21.6. The number of rotatable bonds is 5. The number of amides is 3. The fourth-order valence-corrected chi connectivity index (χ4v) is 3.97. The van der Waals surface area contributed by atoms with Crippen LogP contribution in [0.5, 0.6) is 0 Å². The van der Waals surface area contributed by atoms with Crippen molar-refractivity contribution >= 4 is 57.1 Å². The van der Waals surface area contributed by atoms with Gasteiger partial charge in [0.25, 0.3) is 5.91 Å². The van der Waals surface area contributed by atoms with Crippen LogP contribution in [0.25, 0.3) is 0 Å². The van der Waals surface area contributed by atoms with Crippen molar-refractivity contribution in [3.8, 4) is 0 Å². The molecule has 0 spiro atoms. The number of nitrogens with zero attached hydrogens (tertiary/aromatic N) is 3. The average Bonchev–Trinajstić information content (AvgIpc) is 3.25. The van der Waals surface area contributed by atoms with Crippen LogP contribution < -0.4 is 26.2 Å². The standard InChI is InChI=1S/C20H20ClN7O2S/c21-13-3-1-2-4-14(13)25-19(30)27-20-26-16(12-31-20)18(29)24-15-11-23-6-5-17(15)28-9-7-22-8-10-28/h1-6,11-12,22H,7-10H2,(H,24,29)(H2,25,26,27,30). The molecule has 4 N–H and O–H groups in total. The number of piperazine rings is 1. The lowest BCUT2D eigenvalue weighted by molar-refractivity contribution is 0.102. The summed E-state index contributed by atoms with van der Waals surface area (Å²) in [5, 5.41) is 13.7. The van der Waals surface area contributed by atoms with Crippen LogP contribution in [-0.2, 0) is 0 Å². The highest BCUT2D eigenvalue weighted by molar-refractivity contribution is 7.14. The Morgan fingerprint density at radius 1 is 1.06 bits per heavy atom. The normalized spacial score (nSPS) is 13.5. The number of benzene rings is 1. The third-order valence-corrected chi connectivity index (χ3v) is 5.67. The molecule has 3 heterocycles. The highest BCUT2D eigenvalue weighted by atomic mass is 35.5. The highest BCUT2D eigenvalue weighted by Crippen LogP contribution is 2.26. The molecule has 9 nitrogen and oxygen atoms in total. The second-order valence-corrected chi connectivity index (χ2v) is 7.95. The van der Waals surface area contributed by atoms with Crippen molar-refractivity contribution in [3.05, 3.63) is 58.8 Å². The molecule has 0 bridgehead atoms. The maximum atomic E-state index is 12.7. The van der Waals surface area contributed by atoms with E-state index in [0.29, 0.717) is 21.5 Å². The van der Waals surface area contributed by atoms with Crippen molar-refractivity contribution in [2.45, 2.75) is 0 Å². The van der Waals surface area contributed by atoms with Crippen molar-refractivity contribution in [1.82, 2.24) is 15.3 Å². The Labute approximate surface area is 187 Å². The van der Waals surface area contributed by atoms with Gasteiger partial charge in [0.15, 0.2) is 5.13 Å². The quantitative estimate of drug-likeness (QED) is 0.466. The summed E-state index contributed by atoms with van der Waals surface area (Å²) >= 11 is 7.19. The lowest BCUT2D eigenvalue weighted by atomic mass is 10.2. The van der Waals surface area contributed by atoms with E-state index in [0.717, 1.165) is 43.2 Å². The van der Waals surface area contributed by atoms with E-state index >= 15 is 0 Å². The number of hydrogen-bond acceptors (Lipinski definition) is 7. The van der Waals surface area contributed by atoms with Gasteiger partial charge in [-0.25, -0.2) is 9.78 Å². The molecule has 4 rings (SSSR count). The van der Waals surface area contributed by atoms with Crippen LogP contribution in [-0.4, -0.2) is 48.1 Å². The first-order chi connectivity index (χ1) is 15.1. The Hall–Kier alpha value is -3.21. The van der Waals surface area contributed by atoms with Gasteiger partial charge in [-0.3, -0.25) is 15.1 Å². The van der Waals surface area contributed by atoms with E-state index in [-0.39, 0.29) is 11.6 Å². The van der Waals surface area contributed by atoms with Crippen molar-refractivity contribution in [2.24, 2.45) is 0 Å². The lowest BCUT2D eigenvalue weighted by Crippen LogP contribution is -2.43. The monoisotopic (exact) mass is 457 g/mol. The minimum Gasteiger partial charge on any atom is -0.367 e. The highest BCUT2D eigenvalue weighted by Gasteiger charge is 2.18. The first-order valence-corrected chi connectivity index (χ1v) is 10.8. The molecule has 31 heavy (non-hydrogen) atoms. The summed E-state index contributed by atoms with van der Waals surface area (Å²) in [5.41, 5.74) is 2.22. The summed E-state index contributed by atoms with van der Waals surface area (Å²) in [6.07, 6.45) is 3.33. The topological polar surface area (TPSA) is 111 Å². The largest absolute Gasteiger partial charge is 0.367 e. The Morgan fingerprint density at radius 3 is 2.68 bits per heavy atom. The molecule has 3 amide bonds. The number of aromatic nitrogens is 2. The second-order valence-electron chi connectivity index (χ2n) is 6.68. The molecule has 0 atom stereocenters. The zero-order valence-electron chi connectivity index (χ0n) is 16.4. The van der Waals surface area contributed by atoms with Gasteiger partial charge in [-0.2, -0.15) is 0 Å². The predicted octanol–water partition coefficient (Wildman–Crippen LogP) is 3.50. The van der Waals surface area contributed by atoms with Gasteiger partial charge in [0, 0.05) is 37.8 Å². The van der Waals surface area contributed by atoms with Gasteiger partial charge in [0.1, 0.15) is 5.69 Å². The van der Waals surface area contributed by atoms with Crippen molar-refractivity contribution in [1.29, 1.82) is 0 Å². The Kier molecular flexibility index (Phi) is 6.60. The molecule has 160 valence electrons. The summed E-state index contributed by atoms with van der Waals surface area (Å²) in [6, 6.07) is 8.28. The van der Waals surface area contributed by atoms with E-state index in [2.05, 4.69) is 36.1 Å². The maximum Gasteiger partial charge on any atom is 0.325 e. The van der Waals surface area contributed by atoms with Crippen LogP contribution in [0.15, 0.2) is 48.1 Å². The molecule has 1 aliphatic rings. The summed E-state index contributed by atoms with van der Waals surface area (Å²) in [5.74, 6) is -0.375. The number of pyridine rings is 1. The van der Waals surface area contributed by atoms with Crippen LogP contribution in [0.2, 0.25) is 5.02 Å². The second kappa shape index (κ2) is 9.73. The summed E-state index contributed by atoms with van der Waals surface area (Å²) in [7, 11) is 0. The zero-order valence-corrected chi connectivity index (χ0v) is 18.0. The number of halogens is 1. The lowest BCUT2D eigenvalue weighted by Gasteiger charge is -2.30. The first kappa shape index (κ1) is 21.0. The average molecular weight is 458 g/mol. The number of carbonyl (C=O) groups excluding carboxylic acids is 2. The van der Waals surface area contributed by atoms with Crippen LogP contribution in [0, 0.1) is 0 Å². The molecule has 1 aromatic carbocycles. The molecule has 0 aliphatic carbocycles. The number of urea groups is 1. The molecular weight excluding hydrogens is 438 g/mol. The number of carbonyl (C=O) groups is 2. The Balaban J connectivity index is 1.40. The van der Waals surface area contributed by atoms with Crippen LogP contribution in [0.4, 0.5) is 27.0 Å². The van der Waals surface area contributed by atoms with Gasteiger partial charge < -0.3 is 20.9 Å². The number of hydrogen-bond donors (Lipinski definition) is 4. The van der Waals surface area contributed by atoms with E-state index < -0.39 is 6.03 Å². The van der Waals surface area contributed by atoms with Crippen LogP contribution >= 0.6 is 22.9 Å². The number of anilines is 4. The van der Waals surface area contributed by atoms with Crippen molar-refractivity contribution in [2.75, 3.05) is 47.0 Å². The minimum absolute atomic E-state index is 0.202. The fourth-order valence-electron chi connectivity index (χ4n) is 3.10. The SMILES string of the molecule is O=C(Nc1nc(C(=O)Nc2cnccc2N2CCNCC2)cs1)Nc1ccccc1Cl. The molecule has 3 aromatic rings. The van der Waals surface area contributed by atoms with Gasteiger partial charge in [-0.1, -0.05) is 23.7 Å². The third-order valence-electron chi connectivity index (χ3n) is 4.58. The summed E-state index contributed by atoms with van der Waals surface area (Å²) in [6.45, 7) is 3.45. The van der Waals surface area contributed by atoms with E-state index in [9.17, 15) is 9.59 Å². The number of nitrogens with one attached hydrogen (secondary N) is 4. The molecular formula is C20H20ClN7O2S. The van der Waals surface area contributed by atoms with E-state index in [1.54, 1.807) is 42.0 Å². The van der Waals surface area contributed by atoms with Gasteiger partial charge in [0.05, 0.1) is 28.3 Å². The van der Waals surface area contributed by atoms with E-state index in [1.165, 1.54) is 0 Å². The van der Waals surface area contributed by atoms with E-state index in [1.807, 2.05) is 6.07 Å². The number of thiazole rings is 1. The Morgan fingerprint density at radius 2 is 1.87 bits per heavy atom.